The second-order valence-corrected chi connectivity index (χ2v) is 7.72. The first kappa shape index (κ1) is 14.5. The van der Waals surface area contributed by atoms with Crippen LogP contribution in [0.3, 0.4) is 0 Å². The fourth-order valence-electron chi connectivity index (χ4n) is 2.72. The Bertz CT molecular complexity index is 946. The topological polar surface area (TPSA) is 3.24 Å². The van der Waals surface area contributed by atoms with Gasteiger partial charge < -0.3 is 4.90 Å². The zero-order valence-corrected chi connectivity index (χ0v) is 14.7. The Morgan fingerprint density at radius 2 is 1.39 bits per heavy atom. The number of para-hydroxylation sites is 1. The van der Waals surface area contributed by atoms with Crippen LogP contribution in [0.2, 0.25) is 0 Å². The Hall–Kier alpha value is -2.10. The minimum absolute atomic E-state index is 1.13. The second-order valence-electron chi connectivity index (χ2n) is 5.28. The van der Waals surface area contributed by atoms with Crippen LogP contribution in [0.1, 0.15) is 0 Å². The molecule has 0 N–H and O–H groups in total. The number of thiophene rings is 1. The van der Waals surface area contributed by atoms with Gasteiger partial charge in [0.25, 0.3) is 0 Å². The Morgan fingerprint density at radius 3 is 2.13 bits per heavy atom. The molecule has 0 saturated carbocycles. The molecule has 0 spiro atoms. The van der Waals surface area contributed by atoms with Crippen molar-refractivity contribution in [2.45, 2.75) is 0 Å². The lowest BCUT2D eigenvalue weighted by Crippen LogP contribution is -2.07. The van der Waals surface area contributed by atoms with E-state index in [4.69, 9.17) is 0 Å². The zero-order chi connectivity index (χ0) is 15.6. The molecular formula is C20H14BrNS. The molecule has 0 unspecified atom stereocenters. The third-order valence-corrected chi connectivity index (χ3v) is 5.39. The fourth-order valence-corrected chi connectivity index (χ4v) is 4.13. The fraction of sp³-hybridized carbons (Fsp3) is 0. The molecule has 0 aliphatic rings. The maximum atomic E-state index is 3.58. The monoisotopic (exact) mass is 379 g/mol. The van der Waals surface area contributed by atoms with Gasteiger partial charge in [0.1, 0.15) is 5.00 Å². The van der Waals surface area contributed by atoms with Crippen LogP contribution in [0.15, 0.2) is 88.7 Å². The van der Waals surface area contributed by atoms with Crippen molar-refractivity contribution in [3.05, 3.63) is 88.7 Å². The number of benzene rings is 3. The predicted octanol–water partition coefficient (Wildman–Crippen LogP) is 7.13. The van der Waals surface area contributed by atoms with Gasteiger partial charge in [0.15, 0.2) is 0 Å². The Morgan fingerprint density at radius 1 is 0.652 bits per heavy atom. The van der Waals surface area contributed by atoms with Gasteiger partial charge in [-0.05, 0) is 63.1 Å². The number of hydrogen-bond donors (Lipinski definition) is 0. The largest absolute Gasteiger partial charge is 0.302 e. The standard InChI is InChI=1S/C20H14BrNS/c21-19-12-13-20(23-19)22(17-8-2-1-3-9-17)18-11-10-15-6-4-5-7-16(15)14-18/h1-14H. The normalized spacial score (nSPS) is 10.8. The highest BCUT2D eigenvalue weighted by Gasteiger charge is 2.14. The van der Waals surface area contributed by atoms with Gasteiger partial charge in [0.2, 0.25) is 0 Å². The summed E-state index contributed by atoms with van der Waals surface area (Å²) in [6, 6.07) is 29.8. The molecule has 4 rings (SSSR count). The van der Waals surface area contributed by atoms with E-state index in [1.807, 2.05) is 6.07 Å². The van der Waals surface area contributed by atoms with Crippen LogP contribution < -0.4 is 4.90 Å². The third kappa shape index (κ3) is 2.90. The molecule has 3 heteroatoms. The van der Waals surface area contributed by atoms with Gasteiger partial charge in [-0.15, -0.1) is 11.3 Å². The molecule has 112 valence electrons. The summed E-state index contributed by atoms with van der Waals surface area (Å²) in [6.07, 6.45) is 0. The predicted molar refractivity (Wildman–Crippen MR) is 104 cm³/mol. The Balaban J connectivity index is 1.89. The van der Waals surface area contributed by atoms with Gasteiger partial charge in [-0.2, -0.15) is 0 Å². The summed E-state index contributed by atoms with van der Waals surface area (Å²) < 4.78 is 1.13. The molecule has 0 atom stereocenters. The molecule has 1 heterocycles. The van der Waals surface area contributed by atoms with Gasteiger partial charge in [-0.3, -0.25) is 0 Å². The molecule has 3 aromatic carbocycles. The van der Waals surface area contributed by atoms with Gasteiger partial charge in [0.05, 0.1) is 3.79 Å². The summed E-state index contributed by atoms with van der Waals surface area (Å²) in [6.45, 7) is 0. The van der Waals surface area contributed by atoms with Crippen molar-refractivity contribution in [1.29, 1.82) is 0 Å². The van der Waals surface area contributed by atoms with E-state index in [0.29, 0.717) is 0 Å². The average molecular weight is 380 g/mol. The van der Waals surface area contributed by atoms with Gasteiger partial charge in [-0.25, -0.2) is 0 Å². The lowest BCUT2D eigenvalue weighted by molar-refractivity contribution is 1.32. The first-order chi connectivity index (χ1) is 11.3. The molecule has 23 heavy (non-hydrogen) atoms. The smallest absolute Gasteiger partial charge is 0.101 e. The van der Waals surface area contributed by atoms with Crippen molar-refractivity contribution in [3.63, 3.8) is 0 Å². The number of hydrogen-bond acceptors (Lipinski definition) is 2. The summed E-state index contributed by atoms with van der Waals surface area (Å²) in [5, 5.41) is 3.71. The number of nitrogens with zero attached hydrogens (tertiary/aromatic N) is 1. The zero-order valence-electron chi connectivity index (χ0n) is 12.3. The SMILES string of the molecule is Brc1ccc(N(c2ccccc2)c2ccc3ccccc3c2)s1. The van der Waals surface area contributed by atoms with E-state index in [1.54, 1.807) is 11.3 Å². The first-order valence-electron chi connectivity index (χ1n) is 7.40. The maximum absolute atomic E-state index is 3.58. The third-order valence-electron chi connectivity index (χ3n) is 3.79. The second kappa shape index (κ2) is 6.19. The van der Waals surface area contributed by atoms with Crippen molar-refractivity contribution in [3.8, 4) is 0 Å². The first-order valence-corrected chi connectivity index (χ1v) is 9.01. The van der Waals surface area contributed by atoms with Gasteiger partial charge in [0, 0.05) is 11.4 Å². The molecule has 0 radical (unpaired) electrons. The van der Waals surface area contributed by atoms with Crippen LogP contribution in [0.25, 0.3) is 10.8 Å². The summed E-state index contributed by atoms with van der Waals surface area (Å²) in [7, 11) is 0. The summed E-state index contributed by atoms with van der Waals surface area (Å²) in [4.78, 5) is 2.29. The minimum Gasteiger partial charge on any atom is -0.302 e. The van der Waals surface area contributed by atoms with E-state index >= 15 is 0 Å². The molecule has 4 aromatic rings. The van der Waals surface area contributed by atoms with E-state index in [-0.39, 0.29) is 0 Å². The lowest BCUT2D eigenvalue weighted by Gasteiger charge is -2.23. The summed E-state index contributed by atoms with van der Waals surface area (Å²) >= 11 is 5.31. The van der Waals surface area contributed by atoms with Gasteiger partial charge in [-0.1, -0.05) is 48.5 Å². The summed E-state index contributed by atoms with van der Waals surface area (Å²) in [5.41, 5.74) is 2.33. The summed E-state index contributed by atoms with van der Waals surface area (Å²) in [5.74, 6) is 0. The number of halogens is 1. The lowest BCUT2D eigenvalue weighted by atomic mass is 10.1. The van der Waals surface area contributed by atoms with E-state index in [1.165, 1.54) is 21.5 Å². The number of anilines is 3. The highest BCUT2D eigenvalue weighted by atomic mass is 79.9. The van der Waals surface area contributed by atoms with Crippen LogP contribution >= 0.6 is 27.3 Å². The Labute approximate surface area is 147 Å². The highest BCUT2D eigenvalue weighted by molar-refractivity contribution is 9.11. The average Bonchev–Trinajstić information content (AvgIpc) is 3.02. The van der Waals surface area contributed by atoms with Crippen molar-refractivity contribution >= 4 is 54.4 Å². The van der Waals surface area contributed by atoms with Crippen molar-refractivity contribution < 1.29 is 0 Å². The van der Waals surface area contributed by atoms with Gasteiger partial charge >= 0.3 is 0 Å². The van der Waals surface area contributed by atoms with Crippen molar-refractivity contribution in [2.24, 2.45) is 0 Å². The van der Waals surface area contributed by atoms with Crippen LogP contribution in [0.4, 0.5) is 16.4 Å². The minimum atomic E-state index is 1.13. The Kier molecular flexibility index (Phi) is 3.90. The molecule has 1 aromatic heterocycles. The molecule has 0 saturated heterocycles. The maximum Gasteiger partial charge on any atom is 0.101 e. The van der Waals surface area contributed by atoms with Crippen molar-refractivity contribution in [1.82, 2.24) is 0 Å². The van der Waals surface area contributed by atoms with E-state index in [2.05, 4.69) is 99.7 Å². The molecule has 0 aliphatic carbocycles. The molecular weight excluding hydrogens is 366 g/mol. The van der Waals surface area contributed by atoms with Crippen LogP contribution in [-0.4, -0.2) is 0 Å². The molecule has 0 amide bonds. The van der Waals surface area contributed by atoms with Crippen LogP contribution in [0, 0.1) is 0 Å². The molecule has 1 nitrogen and oxygen atoms in total. The number of rotatable bonds is 3. The molecule has 0 bridgehead atoms. The number of fused-ring (bicyclic) bond motifs is 1. The van der Waals surface area contributed by atoms with E-state index < -0.39 is 0 Å². The van der Waals surface area contributed by atoms with Crippen LogP contribution in [-0.2, 0) is 0 Å². The van der Waals surface area contributed by atoms with E-state index in [9.17, 15) is 0 Å². The van der Waals surface area contributed by atoms with Crippen LogP contribution in [0.5, 0.6) is 0 Å². The quantitative estimate of drug-likeness (QED) is 0.365. The highest BCUT2D eigenvalue weighted by Crippen LogP contribution is 2.40. The molecule has 0 aliphatic heterocycles. The van der Waals surface area contributed by atoms with Crippen molar-refractivity contribution in [2.75, 3.05) is 4.90 Å². The molecule has 0 fully saturated rings. The van der Waals surface area contributed by atoms with E-state index in [0.717, 1.165) is 9.47 Å².